The molecule has 0 aliphatic heterocycles. The van der Waals surface area contributed by atoms with Gasteiger partial charge in [0.25, 0.3) is 0 Å². The maximum Gasteiger partial charge on any atom is 0.0471 e. The number of aliphatic hydroxyl groups is 2. The molecule has 0 atom stereocenters. The minimum absolute atomic E-state index is 0.194. The van der Waals surface area contributed by atoms with Crippen LogP contribution in [0, 0.1) is 0 Å². The van der Waals surface area contributed by atoms with Crippen molar-refractivity contribution in [2.24, 2.45) is 0 Å². The summed E-state index contributed by atoms with van der Waals surface area (Å²) in [5, 5.41) is 17.3. The lowest BCUT2D eigenvalue weighted by molar-refractivity contribution is 0.298. The summed E-state index contributed by atoms with van der Waals surface area (Å²) in [5.74, 6) is 0. The first kappa shape index (κ1) is 9.23. The third-order valence-corrected chi connectivity index (χ3v) is 1.82. The molecule has 0 heterocycles. The zero-order valence-electron chi connectivity index (χ0n) is 7.03. The maximum absolute atomic E-state index is 8.65. The van der Waals surface area contributed by atoms with Crippen LogP contribution in [0.4, 0.5) is 0 Å². The molecular weight excluding hydrogens is 152 g/mol. The van der Waals surface area contributed by atoms with Crippen LogP contribution in [0.15, 0.2) is 24.3 Å². The summed E-state index contributed by atoms with van der Waals surface area (Å²) in [6.45, 7) is 0.388. The van der Waals surface area contributed by atoms with E-state index >= 15 is 0 Å². The van der Waals surface area contributed by atoms with E-state index in [4.69, 9.17) is 10.2 Å². The van der Waals surface area contributed by atoms with Gasteiger partial charge in [0.05, 0.1) is 0 Å². The first-order valence-electron chi connectivity index (χ1n) is 4.16. The smallest absolute Gasteiger partial charge is 0.0471 e. The summed E-state index contributed by atoms with van der Waals surface area (Å²) in [6, 6.07) is 7.95. The van der Waals surface area contributed by atoms with E-state index in [9.17, 15) is 0 Å². The molecular formula is C10H14O2. The fraction of sp³-hybridized carbons (Fsp3) is 0.400. The third kappa shape index (κ3) is 2.64. The van der Waals surface area contributed by atoms with Gasteiger partial charge >= 0.3 is 0 Å². The first-order valence-corrected chi connectivity index (χ1v) is 4.16. The molecule has 0 bridgehead atoms. The Labute approximate surface area is 72.5 Å². The third-order valence-electron chi connectivity index (χ3n) is 1.82. The highest BCUT2D eigenvalue weighted by Gasteiger charge is 1.93. The standard InChI is InChI=1S/C10H14O2/c11-7-5-9-1-2-10(4-3-9)6-8-12/h1-4,11-12H,5-8H2. The summed E-state index contributed by atoms with van der Waals surface area (Å²) in [5.41, 5.74) is 2.28. The molecule has 1 aromatic rings. The van der Waals surface area contributed by atoms with Crippen molar-refractivity contribution < 1.29 is 10.2 Å². The molecule has 1 rings (SSSR count). The Morgan fingerprint density at radius 3 is 1.33 bits per heavy atom. The largest absolute Gasteiger partial charge is 0.396 e. The van der Waals surface area contributed by atoms with Crippen LogP contribution in [-0.2, 0) is 12.8 Å². The van der Waals surface area contributed by atoms with E-state index in [2.05, 4.69) is 0 Å². The summed E-state index contributed by atoms with van der Waals surface area (Å²) in [6.07, 6.45) is 1.42. The highest BCUT2D eigenvalue weighted by atomic mass is 16.3. The Balaban J connectivity index is 2.58. The number of hydrogen-bond donors (Lipinski definition) is 2. The predicted octanol–water partition coefficient (Wildman–Crippen LogP) is 0.756. The molecule has 2 heteroatoms. The predicted molar refractivity (Wildman–Crippen MR) is 48.0 cm³/mol. The average molecular weight is 166 g/mol. The molecule has 0 fully saturated rings. The van der Waals surface area contributed by atoms with Gasteiger partial charge in [0, 0.05) is 13.2 Å². The number of aliphatic hydroxyl groups excluding tert-OH is 2. The van der Waals surface area contributed by atoms with Crippen molar-refractivity contribution in [2.75, 3.05) is 13.2 Å². The summed E-state index contributed by atoms with van der Waals surface area (Å²) >= 11 is 0. The SMILES string of the molecule is OCCc1ccc(CCO)cc1. The van der Waals surface area contributed by atoms with Gasteiger partial charge < -0.3 is 10.2 Å². The minimum Gasteiger partial charge on any atom is -0.396 e. The number of benzene rings is 1. The van der Waals surface area contributed by atoms with E-state index in [1.807, 2.05) is 24.3 Å². The van der Waals surface area contributed by atoms with Gasteiger partial charge in [0.15, 0.2) is 0 Å². The molecule has 0 spiro atoms. The van der Waals surface area contributed by atoms with E-state index in [0.717, 1.165) is 11.1 Å². The molecule has 0 aliphatic carbocycles. The van der Waals surface area contributed by atoms with Crippen molar-refractivity contribution in [1.82, 2.24) is 0 Å². The second-order valence-corrected chi connectivity index (χ2v) is 2.76. The summed E-state index contributed by atoms with van der Waals surface area (Å²) < 4.78 is 0. The molecule has 0 unspecified atom stereocenters. The van der Waals surface area contributed by atoms with Crippen LogP contribution in [0.3, 0.4) is 0 Å². The average Bonchev–Trinajstić information content (AvgIpc) is 2.09. The topological polar surface area (TPSA) is 40.5 Å². The van der Waals surface area contributed by atoms with Crippen molar-refractivity contribution in [3.63, 3.8) is 0 Å². The van der Waals surface area contributed by atoms with Gasteiger partial charge in [-0.15, -0.1) is 0 Å². The highest BCUT2D eigenvalue weighted by molar-refractivity contribution is 5.22. The monoisotopic (exact) mass is 166 g/mol. The van der Waals surface area contributed by atoms with Crippen molar-refractivity contribution in [3.8, 4) is 0 Å². The zero-order chi connectivity index (χ0) is 8.81. The van der Waals surface area contributed by atoms with Crippen LogP contribution < -0.4 is 0 Å². The van der Waals surface area contributed by atoms with Crippen LogP contribution in [-0.4, -0.2) is 23.4 Å². The minimum atomic E-state index is 0.194. The quantitative estimate of drug-likeness (QED) is 0.693. The Kier molecular flexibility index (Phi) is 3.77. The Morgan fingerprint density at radius 2 is 1.08 bits per heavy atom. The fourth-order valence-electron chi connectivity index (χ4n) is 1.13. The molecule has 0 aromatic heterocycles. The van der Waals surface area contributed by atoms with Crippen LogP contribution >= 0.6 is 0 Å². The number of hydrogen-bond acceptors (Lipinski definition) is 2. The first-order chi connectivity index (χ1) is 5.86. The molecule has 0 saturated heterocycles. The van der Waals surface area contributed by atoms with Crippen molar-refractivity contribution in [3.05, 3.63) is 35.4 Å². The van der Waals surface area contributed by atoms with E-state index in [-0.39, 0.29) is 13.2 Å². The van der Waals surface area contributed by atoms with Gasteiger partial charge in [-0.1, -0.05) is 24.3 Å². The summed E-state index contributed by atoms with van der Waals surface area (Å²) in [7, 11) is 0. The normalized spacial score (nSPS) is 10.2. The van der Waals surface area contributed by atoms with Gasteiger partial charge in [-0.2, -0.15) is 0 Å². The van der Waals surface area contributed by atoms with Crippen molar-refractivity contribution in [1.29, 1.82) is 0 Å². The van der Waals surface area contributed by atoms with Crippen molar-refractivity contribution in [2.45, 2.75) is 12.8 Å². The van der Waals surface area contributed by atoms with E-state index in [0.29, 0.717) is 12.8 Å². The molecule has 66 valence electrons. The Bertz CT molecular complexity index is 191. The van der Waals surface area contributed by atoms with Gasteiger partial charge in [-0.3, -0.25) is 0 Å². The molecule has 0 aliphatic rings. The van der Waals surface area contributed by atoms with Gasteiger partial charge in [0.2, 0.25) is 0 Å². The fourth-order valence-corrected chi connectivity index (χ4v) is 1.13. The van der Waals surface area contributed by atoms with E-state index in [1.54, 1.807) is 0 Å². The molecule has 12 heavy (non-hydrogen) atoms. The van der Waals surface area contributed by atoms with Crippen LogP contribution in [0.2, 0.25) is 0 Å². The second-order valence-electron chi connectivity index (χ2n) is 2.76. The lowest BCUT2D eigenvalue weighted by Gasteiger charge is -2.00. The van der Waals surface area contributed by atoms with Gasteiger partial charge in [-0.05, 0) is 24.0 Å². The van der Waals surface area contributed by atoms with Gasteiger partial charge in [0.1, 0.15) is 0 Å². The maximum atomic E-state index is 8.65. The van der Waals surface area contributed by atoms with Gasteiger partial charge in [-0.25, -0.2) is 0 Å². The molecule has 0 radical (unpaired) electrons. The second kappa shape index (κ2) is 4.91. The number of rotatable bonds is 4. The highest BCUT2D eigenvalue weighted by Crippen LogP contribution is 2.05. The van der Waals surface area contributed by atoms with Crippen LogP contribution in [0.5, 0.6) is 0 Å². The molecule has 0 amide bonds. The zero-order valence-corrected chi connectivity index (χ0v) is 7.03. The molecule has 0 saturated carbocycles. The molecule has 2 N–H and O–H groups in total. The van der Waals surface area contributed by atoms with E-state index in [1.165, 1.54) is 0 Å². The molecule has 2 nitrogen and oxygen atoms in total. The summed E-state index contributed by atoms with van der Waals surface area (Å²) in [4.78, 5) is 0. The van der Waals surface area contributed by atoms with Crippen LogP contribution in [0.25, 0.3) is 0 Å². The lowest BCUT2D eigenvalue weighted by Crippen LogP contribution is -1.93. The van der Waals surface area contributed by atoms with E-state index < -0.39 is 0 Å². The Hall–Kier alpha value is -0.860. The molecule has 1 aromatic carbocycles. The van der Waals surface area contributed by atoms with Crippen molar-refractivity contribution >= 4 is 0 Å². The lowest BCUT2D eigenvalue weighted by atomic mass is 10.1. The Morgan fingerprint density at radius 1 is 0.750 bits per heavy atom. The van der Waals surface area contributed by atoms with Crippen LogP contribution in [0.1, 0.15) is 11.1 Å².